The second-order valence-electron chi connectivity index (χ2n) is 15.8. The number of aryl methyl sites for hydroxylation is 1. The number of fused-ring (bicyclic) bond motifs is 3. The normalized spacial score (nSPS) is 12.2. The van der Waals surface area contributed by atoms with E-state index >= 15 is 0 Å². The molecule has 0 bridgehead atoms. The van der Waals surface area contributed by atoms with Crippen molar-refractivity contribution in [2.45, 2.75) is 58.4 Å². The van der Waals surface area contributed by atoms with Crippen LogP contribution in [-0.2, 0) is 17.7 Å². The Balaban J connectivity index is 1.05. The molecule has 1 unspecified atom stereocenters. The van der Waals surface area contributed by atoms with Crippen molar-refractivity contribution in [3.8, 4) is 11.1 Å². The summed E-state index contributed by atoms with van der Waals surface area (Å²) in [6.07, 6.45) is 2.85. The lowest BCUT2D eigenvalue weighted by atomic mass is 9.95. The minimum atomic E-state index is -1.14. The fourth-order valence-corrected chi connectivity index (χ4v) is 8.03. The topological polar surface area (TPSA) is 206 Å². The van der Waals surface area contributed by atoms with Crippen molar-refractivity contribution in [1.29, 1.82) is 0 Å². The van der Waals surface area contributed by atoms with Crippen LogP contribution in [0.25, 0.3) is 11.1 Å². The molecule has 5 aromatic rings. The van der Waals surface area contributed by atoms with Gasteiger partial charge in [0.1, 0.15) is 6.61 Å². The number of carbonyl (C=O) groups is 4. The van der Waals surface area contributed by atoms with Crippen LogP contribution in [0.1, 0.15) is 87.2 Å². The van der Waals surface area contributed by atoms with Crippen LogP contribution in [0.2, 0.25) is 5.15 Å². The molecule has 1 aromatic heterocycles. The van der Waals surface area contributed by atoms with Gasteiger partial charge in [-0.3, -0.25) is 9.59 Å². The lowest BCUT2D eigenvalue weighted by Crippen LogP contribution is -2.40. The zero-order chi connectivity index (χ0) is 44.9. The monoisotopic (exact) mass is 874 g/mol. The standard InChI is InChI=1S/C48H55ClN8O6/c1-3-4-5-12-24-56(48(62)63-30-40-38-17-10-8-15-36(38)37-16-9-11-18-39(37)40)25-23-52-45(58)34-21-19-32(20-22-34)28-57(47(60)61)29-33(26-35-14-7-6-13-31(35)2)27-53-46(59)41-43(50)55-44(51)42(49)54-41/h6-11,13-22,33,40H,3-5,12,23-30H2,1-2H3,(H,52,58)(H,53,59)(H,60,61)(H4,50,51,55). The molecule has 0 radical (unpaired) electrons. The molecule has 6 rings (SSSR count). The van der Waals surface area contributed by atoms with Gasteiger partial charge in [-0.25, -0.2) is 19.6 Å². The van der Waals surface area contributed by atoms with Crippen LogP contribution in [0, 0.1) is 12.8 Å². The third-order valence-electron chi connectivity index (χ3n) is 11.3. The van der Waals surface area contributed by atoms with Gasteiger partial charge in [-0.2, -0.15) is 0 Å². The van der Waals surface area contributed by atoms with Crippen LogP contribution >= 0.6 is 11.6 Å². The van der Waals surface area contributed by atoms with E-state index in [2.05, 4.69) is 51.8 Å². The number of benzene rings is 4. The van der Waals surface area contributed by atoms with Crippen LogP contribution in [0.4, 0.5) is 21.2 Å². The van der Waals surface area contributed by atoms with Crippen LogP contribution in [0.5, 0.6) is 0 Å². The minimum absolute atomic E-state index is 0.0363. The Morgan fingerprint density at radius 2 is 1.46 bits per heavy atom. The number of nitrogens with two attached hydrogens (primary N) is 2. The van der Waals surface area contributed by atoms with Crippen molar-refractivity contribution in [1.82, 2.24) is 30.4 Å². The number of halogens is 1. The number of carbonyl (C=O) groups excluding carboxylic acids is 3. The van der Waals surface area contributed by atoms with Crippen LogP contribution < -0.4 is 22.1 Å². The highest BCUT2D eigenvalue weighted by Gasteiger charge is 2.30. The molecule has 1 heterocycles. The largest absolute Gasteiger partial charge is 0.465 e. The smallest absolute Gasteiger partial charge is 0.409 e. The molecule has 15 heteroatoms. The van der Waals surface area contributed by atoms with E-state index in [1.165, 1.54) is 4.90 Å². The maximum Gasteiger partial charge on any atom is 0.409 e. The average molecular weight is 875 g/mol. The molecule has 0 saturated carbocycles. The molecule has 0 spiro atoms. The number of ether oxygens (including phenoxy) is 1. The first-order valence-corrected chi connectivity index (χ1v) is 21.7. The number of nitrogen functional groups attached to an aromatic ring is 2. The number of rotatable bonds is 20. The average Bonchev–Trinajstić information content (AvgIpc) is 3.60. The van der Waals surface area contributed by atoms with Gasteiger partial charge >= 0.3 is 12.2 Å². The Morgan fingerprint density at radius 1 is 0.794 bits per heavy atom. The predicted octanol–water partition coefficient (Wildman–Crippen LogP) is 7.93. The molecule has 7 N–H and O–H groups in total. The molecule has 0 fully saturated rings. The Bertz CT molecular complexity index is 2350. The summed E-state index contributed by atoms with van der Waals surface area (Å²) in [6, 6.07) is 30.9. The zero-order valence-corrected chi connectivity index (χ0v) is 36.4. The Morgan fingerprint density at radius 3 is 2.13 bits per heavy atom. The van der Waals surface area contributed by atoms with Gasteiger partial charge in [0.15, 0.2) is 22.5 Å². The van der Waals surface area contributed by atoms with E-state index in [4.69, 9.17) is 27.8 Å². The number of nitrogens with zero attached hydrogens (tertiary/aromatic N) is 4. The summed E-state index contributed by atoms with van der Waals surface area (Å²) in [6.45, 7) is 5.54. The molecule has 4 aromatic carbocycles. The second kappa shape index (κ2) is 21.9. The minimum Gasteiger partial charge on any atom is -0.465 e. The number of anilines is 2. The Kier molecular flexibility index (Phi) is 15.9. The van der Waals surface area contributed by atoms with E-state index in [0.717, 1.165) is 59.1 Å². The maximum atomic E-state index is 13.5. The summed E-state index contributed by atoms with van der Waals surface area (Å²) >= 11 is 6.00. The maximum absolute atomic E-state index is 13.5. The fourth-order valence-electron chi connectivity index (χ4n) is 7.90. The molecule has 0 saturated heterocycles. The molecule has 63 heavy (non-hydrogen) atoms. The third kappa shape index (κ3) is 12.0. The van der Waals surface area contributed by atoms with E-state index < -0.39 is 18.1 Å². The number of unbranched alkanes of at least 4 members (excludes halogenated alkanes) is 3. The quantitative estimate of drug-likeness (QED) is 0.0478. The molecule has 14 nitrogen and oxygen atoms in total. The van der Waals surface area contributed by atoms with Crippen molar-refractivity contribution in [2.75, 3.05) is 50.8 Å². The molecule has 4 amide bonds. The molecule has 330 valence electrons. The number of amides is 4. The SMILES string of the molecule is CCCCCCN(CCNC(=O)c1ccc(CN(CC(CNC(=O)c2nc(Cl)c(N)nc2N)Cc2ccccc2C)C(=O)O)cc1)C(=O)OCC1c2ccccc2-c2ccccc21. The van der Waals surface area contributed by atoms with E-state index in [-0.39, 0.29) is 79.6 Å². The van der Waals surface area contributed by atoms with E-state index in [9.17, 15) is 24.3 Å². The second-order valence-corrected chi connectivity index (χ2v) is 16.2. The number of hydrogen-bond donors (Lipinski definition) is 5. The number of carboxylic acid groups (broad SMARTS) is 1. The number of nitrogens with one attached hydrogen (secondary N) is 2. The van der Waals surface area contributed by atoms with Gasteiger partial charge in [0, 0.05) is 50.7 Å². The van der Waals surface area contributed by atoms with E-state index in [0.29, 0.717) is 24.1 Å². The predicted molar refractivity (Wildman–Crippen MR) is 245 cm³/mol. The van der Waals surface area contributed by atoms with Gasteiger partial charge in [0.2, 0.25) is 0 Å². The zero-order valence-electron chi connectivity index (χ0n) is 35.7. The first-order chi connectivity index (χ1) is 30.4. The fraction of sp³-hybridized carbons (Fsp3) is 0.333. The summed E-state index contributed by atoms with van der Waals surface area (Å²) in [5, 5.41) is 15.9. The molecule has 1 aliphatic carbocycles. The van der Waals surface area contributed by atoms with Gasteiger partial charge in [-0.05, 0) is 76.8 Å². The van der Waals surface area contributed by atoms with Crippen molar-refractivity contribution in [3.63, 3.8) is 0 Å². The molecular formula is C48H55ClN8O6. The summed E-state index contributed by atoms with van der Waals surface area (Å²) in [7, 11) is 0. The van der Waals surface area contributed by atoms with E-state index in [1.807, 2.05) is 55.5 Å². The van der Waals surface area contributed by atoms with Gasteiger partial charge in [-0.1, -0.05) is 123 Å². The number of hydrogen-bond acceptors (Lipinski definition) is 9. The summed E-state index contributed by atoms with van der Waals surface area (Å²) in [5.41, 5.74) is 19.1. The van der Waals surface area contributed by atoms with Gasteiger partial charge in [0.05, 0.1) is 0 Å². The van der Waals surface area contributed by atoms with Gasteiger partial charge < -0.3 is 41.7 Å². The first-order valence-electron chi connectivity index (χ1n) is 21.3. The van der Waals surface area contributed by atoms with Crippen molar-refractivity contribution >= 4 is 47.2 Å². The van der Waals surface area contributed by atoms with Crippen LogP contribution in [0.3, 0.4) is 0 Å². The van der Waals surface area contributed by atoms with Crippen LogP contribution in [-0.4, -0.2) is 88.2 Å². The van der Waals surface area contributed by atoms with Crippen molar-refractivity contribution in [3.05, 3.63) is 141 Å². The van der Waals surface area contributed by atoms with E-state index in [1.54, 1.807) is 29.2 Å². The van der Waals surface area contributed by atoms with Crippen LogP contribution in [0.15, 0.2) is 97.1 Å². The highest BCUT2D eigenvalue weighted by atomic mass is 35.5. The highest BCUT2D eigenvalue weighted by molar-refractivity contribution is 6.31. The first kappa shape index (κ1) is 45.8. The summed E-state index contributed by atoms with van der Waals surface area (Å²) in [4.78, 5) is 63.3. The summed E-state index contributed by atoms with van der Waals surface area (Å²) < 4.78 is 5.97. The lowest BCUT2D eigenvalue weighted by Gasteiger charge is -2.26. The van der Waals surface area contributed by atoms with Crippen molar-refractivity contribution < 1.29 is 29.0 Å². The van der Waals surface area contributed by atoms with Gasteiger partial charge in [0.25, 0.3) is 11.8 Å². The molecule has 1 aliphatic rings. The summed E-state index contributed by atoms with van der Waals surface area (Å²) in [5.74, 6) is -1.63. The molecular weight excluding hydrogens is 820 g/mol. The highest BCUT2D eigenvalue weighted by Crippen LogP contribution is 2.44. The lowest BCUT2D eigenvalue weighted by molar-refractivity contribution is 0.0907. The molecule has 0 aliphatic heterocycles. The third-order valence-corrected chi connectivity index (χ3v) is 11.6. The Hall–Kier alpha value is -6.67. The van der Waals surface area contributed by atoms with Gasteiger partial charge in [-0.15, -0.1) is 0 Å². The Labute approximate surface area is 373 Å². The molecule has 1 atom stereocenters. The number of aromatic nitrogens is 2. The van der Waals surface area contributed by atoms with Crippen molar-refractivity contribution in [2.24, 2.45) is 5.92 Å².